The SMILES string of the molecule is CC(C)(C)OC(=O)N[C@@H]1C(=O)N2C(C(=O)O)=C(Sc3nc(-c4ccncc4)cs3)CS[C@@H]12. The van der Waals surface area contributed by atoms with Crippen molar-refractivity contribution in [1.82, 2.24) is 20.2 Å². The van der Waals surface area contributed by atoms with Gasteiger partial charge in [-0.15, -0.1) is 23.1 Å². The zero-order valence-corrected chi connectivity index (χ0v) is 19.8. The summed E-state index contributed by atoms with van der Waals surface area (Å²) < 4.78 is 5.89. The van der Waals surface area contributed by atoms with E-state index < -0.39 is 35.0 Å². The van der Waals surface area contributed by atoms with Crippen LogP contribution in [0.15, 0.2) is 44.8 Å². The van der Waals surface area contributed by atoms with Crippen LogP contribution in [-0.2, 0) is 14.3 Å². The molecule has 2 aliphatic heterocycles. The number of ether oxygens (including phenoxy) is 1. The lowest BCUT2D eigenvalue weighted by molar-refractivity contribution is -0.149. The number of hydrogen-bond acceptors (Lipinski definition) is 9. The number of fused-ring (bicyclic) bond motifs is 1. The van der Waals surface area contributed by atoms with Crippen molar-refractivity contribution in [3.63, 3.8) is 0 Å². The summed E-state index contributed by atoms with van der Waals surface area (Å²) in [5, 5.41) is 13.8. The average molecular weight is 493 g/mol. The molecular weight excluding hydrogens is 472 g/mol. The highest BCUT2D eigenvalue weighted by molar-refractivity contribution is 8.07. The number of β-lactam (4-membered cyclic amide) rings is 1. The maximum Gasteiger partial charge on any atom is 0.408 e. The number of thioether (sulfide) groups is 2. The van der Waals surface area contributed by atoms with E-state index in [1.165, 1.54) is 39.8 Å². The van der Waals surface area contributed by atoms with Crippen molar-refractivity contribution in [1.29, 1.82) is 0 Å². The minimum atomic E-state index is -1.19. The Morgan fingerprint density at radius 3 is 2.69 bits per heavy atom. The third-order valence-electron chi connectivity index (χ3n) is 4.48. The van der Waals surface area contributed by atoms with Gasteiger partial charge in [0.05, 0.1) is 5.69 Å². The van der Waals surface area contributed by atoms with Crippen LogP contribution in [-0.4, -0.2) is 60.7 Å². The molecule has 4 rings (SSSR count). The first-order valence-corrected chi connectivity index (χ1v) is 12.3. The van der Waals surface area contributed by atoms with Crippen molar-refractivity contribution < 1.29 is 24.2 Å². The van der Waals surface area contributed by atoms with E-state index in [4.69, 9.17) is 4.74 Å². The van der Waals surface area contributed by atoms with Gasteiger partial charge in [-0.25, -0.2) is 14.6 Å². The number of nitrogens with zero attached hydrogens (tertiary/aromatic N) is 3. The van der Waals surface area contributed by atoms with Crippen LogP contribution in [0.25, 0.3) is 11.3 Å². The van der Waals surface area contributed by atoms with Gasteiger partial charge in [-0.3, -0.25) is 14.7 Å². The highest BCUT2D eigenvalue weighted by Crippen LogP contribution is 2.46. The number of thiazole rings is 1. The zero-order chi connectivity index (χ0) is 23.0. The second kappa shape index (κ2) is 8.75. The van der Waals surface area contributed by atoms with Crippen LogP contribution in [0.4, 0.5) is 4.79 Å². The molecule has 2 amide bonds. The number of carboxylic acids is 1. The number of aliphatic carboxylic acids is 1. The Labute approximate surface area is 196 Å². The predicted octanol–water partition coefficient (Wildman–Crippen LogP) is 3.40. The largest absolute Gasteiger partial charge is 0.477 e. The molecule has 2 N–H and O–H groups in total. The van der Waals surface area contributed by atoms with Gasteiger partial charge >= 0.3 is 12.1 Å². The van der Waals surface area contributed by atoms with E-state index in [0.29, 0.717) is 15.0 Å². The molecule has 0 saturated carbocycles. The molecule has 1 fully saturated rings. The minimum Gasteiger partial charge on any atom is -0.477 e. The van der Waals surface area contributed by atoms with Gasteiger partial charge in [-0.2, -0.15) is 0 Å². The average Bonchev–Trinajstić information content (AvgIpc) is 3.19. The van der Waals surface area contributed by atoms with Gasteiger partial charge in [0.25, 0.3) is 5.91 Å². The first-order valence-electron chi connectivity index (χ1n) is 9.58. The molecule has 2 aromatic rings. The smallest absolute Gasteiger partial charge is 0.408 e. The van der Waals surface area contributed by atoms with E-state index in [1.54, 1.807) is 33.2 Å². The Kier molecular flexibility index (Phi) is 6.19. The van der Waals surface area contributed by atoms with Crippen molar-refractivity contribution >= 4 is 52.8 Å². The number of amides is 2. The number of carboxylic acid groups (broad SMARTS) is 1. The fourth-order valence-electron chi connectivity index (χ4n) is 3.17. The van der Waals surface area contributed by atoms with Gasteiger partial charge in [0, 0.05) is 34.0 Å². The first-order chi connectivity index (χ1) is 15.1. The molecule has 4 heterocycles. The van der Waals surface area contributed by atoms with Gasteiger partial charge < -0.3 is 15.2 Å². The Hall–Kier alpha value is -2.57. The van der Waals surface area contributed by atoms with Crippen LogP contribution < -0.4 is 5.32 Å². The summed E-state index contributed by atoms with van der Waals surface area (Å²) in [4.78, 5) is 47.2. The van der Waals surface area contributed by atoms with Crippen LogP contribution in [0, 0.1) is 0 Å². The predicted molar refractivity (Wildman–Crippen MR) is 122 cm³/mol. The van der Waals surface area contributed by atoms with E-state index in [2.05, 4.69) is 15.3 Å². The minimum absolute atomic E-state index is 0.0633. The monoisotopic (exact) mass is 492 g/mol. The zero-order valence-electron chi connectivity index (χ0n) is 17.4. The lowest BCUT2D eigenvalue weighted by Gasteiger charge is -2.49. The molecule has 2 atom stereocenters. The Morgan fingerprint density at radius 1 is 1.31 bits per heavy atom. The van der Waals surface area contributed by atoms with E-state index in [1.807, 2.05) is 17.5 Å². The van der Waals surface area contributed by atoms with E-state index in [-0.39, 0.29) is 5.70 Å². The molecule has 1 saturated heterocycles. The van der Waals surface area contributed by atoms with Crippen LogP contribution in [0.1, 0.15) is 20.8 Å². The van der Waals surface area contributed by atoms with Crippen molar-refractivity contribution in [2.24, 2.45) is 0 Å². The Morgan fingerprint density at radius 2 is 2.03 bits per heavy atom. The van der Waals surface area contributed by atoms with Crippen LogP contribution in [0.5, 0.6) is 0 Å². The van der Waals surface area contributed by atoms with Crippen LogP contribution in [0.3, 0.4) is 0 Å². The highest BCUT2D eigenvalue weighted by atomic mass is 32.2. The van der Waals surface area contributed by atoms with Crippen LogP contribution in [0.2, 0.25) is 0 Å². The van der Waals surface area contributed by atoms with E-state index in [9.17, 15) is 19.5 Å². The van der Waals surface area contributed by atoms with Crippen molar-refractivity contribution in [2.75, 3.05) is 5.75 Å². The molecule has 168 valence electrons. The maximum atomic E-state index is 12.7. The number of carbonyl (C=O) groups is 3. The number of nitrogens with one attached hydrogen (secondary N) is 1. The third-order valence-corrected chi connectivity index (χ3v) is 7.96. The fourth-order valence-corrected chi connectivity index (χ4v) is 6.63. The second-order valence-corrected chi connectivity index (χ2v) is 11.3. The molecule has 2 aromatic heterocycles. The summed E-state index contributed by atoms with van der Waals surface area (Å²) in [6.45, 7) is 5.18. The van der Waals surface area contributed by atoms with Gasteiger partial charge in [0.2, 0.25) is 0 Å². The van der Waals surface area contributed by atoms with Crippen molar-refractivity contribution in [3.05, 3.63) is 40.5 Å². The number of alkyl carbamates (subject to hydrolysis) is 1. The van der Waals surface area contributed by atoms with Crippen molar-refractivity contribution in [2.45, 2.75) is 42.1 Å². The highest BCUT2D eigenvalue weighted by Gasteiger charge is 2.54. The standard InChI is InChI=1S/C20H20N4O5S3/c1-20(2,3)29-18(28)23-13-15(25)24-14(17(26)27)12(9-30-16(13)24)32-19-22-11(8-31-19)10-4-6-21-7-5-10/h4-8,13,16H,9H2,1-3H3,(H,23,28)(H,26,27)/t13-,16+/m1/s1. The molecule has 0 aromatic carbocycles. The summed E-state index contributed by atoms with van der Waals surface area (Å²) in [5.41, 5.74) is 0.935. The van der Waals surface area contributed by atoms with Crippen molar-refractivity contribution in [3.8, 4) is 11.3 Å². The normalized spacial score (nSPS) is 20.5. The summed E-state index contributed by atoms with van der Waals surface area (Å²) in [5.74, 6) is -1.27. The van der Waals surface area contributed by atoms with Gasteiger partial charge in [-0.05, 0) is 32.9 Å². The molecule has 2 aliphatic rings. The molecule has 0 unspecified atom stereocenters. The lowest BCUT2D eigenvalue weighted by atomic mass is 10.1. The second-order valence-electron chi connectivity index (χ2n) is 7.95. The molecule has 9 nitrogen and oxygen atoms in total. The quantitative estimate of drug-likeness (QED) is 0.605. The summed E-state index contributed by atoms with van der Waals surface area (Å²) in [6.07, 6.45) is 2.66. The molecule has 32 heavy (non-hydrogen) atoms. The Balaban J connectivity index is 1.51. The lowest BCUT2D eigenvalue weighted by Crippen LogP contribution is -2.70. The fraction of sp³-hybridized carbons (Fsp3) is 0.350. The topological polar surface area (TPSA) is 122 Å². The molecular formula is C20H20N4O5S3. The van der Waals surface area contributed by atoms with E-state index >= 15 is 0 Å². The van der Waals surface area contributed by atoms with Gasteiger partial charge in [-0.1, -0.05) is 11.8 Å². The number of pyridine rings is 1. The van der Waals surface area contributed by atoms with Gasteiger partial charge in [0.15, 0.2) is 4.34 Å². The summed E-state index contributed by atoms with van der Waals surface area (Å²) in [6, 6.07) is 2.88. The first kappa shape index (κ1) is 22.6. The molecule has 0 bridgehead atoms. The maximum absolute atomic E-state index is 12.7. The number of carbonyl (C=O) groups excluding carboxylic acids is 2. The summed E-state index contributed by atoms with van der Waals surface area (Å²) >= 11 is 4.05. The molecule has 12 heteroatoms. The number of hydrogen-bond donors (Lipinski definition) is 2. The Bertz CT molecular complexity index is 1100. The summed E-state index contributed by atoms with van der Waals surface area (Å²) in [7, 11) is 0. The van der Waals surface area contributed by atoms with Gasteiger partial charge in [0.1, 0.15) is 22.7 Å². The third kappa shape index (κ3) is 4.62. The van der Waals surface area contributed by atoms with Crippen LogP contribution >= 0.6 is 34.9 Å². The molecule has 0 radical (unpaired) electrons. The number of rotatable bonds is 5. The molecule has 0 spiro atoms. The number of aromatic nitrogens is 2. The molecule has 0 aliphatic carbocycles. The van der Waals surface area contributed by atoms with E-state index in [0.717, 1.165) is 11.3 Å².